The molecule has 0 aromatic heterocycles. The van der Waals surface area contributed by atoms with Gasteiger partial charge in [-0.25, -0.2) is 8.78 Å². The average molecular weight is 135 g/mol. The molecule has 0 saturated carbocycles. The number of nitriles is 1. The van der Waals surface area contributed by atoms with Gasteiger partial charge in [-0.05, 0) is 0 Å². The lowest BCUT2D eigenvalue weighted by Gasteiger charge is -2.13. The first-order valence-electron chi connectivity index (χ1n) is 2.50. The second kappa shape index (κ2) is 2.74. The van der Waals surface area contributed by atoms with E-state index in [1.54, 1.807) is 0 Å². The molecule has 1 N–H and O–H groups in total. The van der Waals surface area contributed by atoms with E-state index in [9.17, 15) is 8.78 Å². The Morgan fingerprint density at radius 3 is 2.33 bits per heavy atom. The Labute approximate surface area is 51.7 Å². The van der Waals surface area contributed by atoms with Crippen molar-refractivity contribution >= 4 is 0 Å². The predicted octanol–water partition coefficient (Wildman–Crippen LogP) is 0.916. The van der Waals surface area contributed by atoms with Crippen molar-refractivity contribution in [3.05, 3.63) is 0 Å². The molecule has 0 aliphatic rings. The molecule has 52 valence electrons. The zero-order valence-corrected chi connectivity index (χ0v) is 4.93. The third-order valence-corrected chi connectivity index (χ3v) is 0.994. The molecule has 0 radical (unpaired) electrons. The lowest BCUT2D eigenvalue weighted by atomic mass is 10.1. The monoisotopic (exact) mass is 135 g/mol. The molecule has 9 heavy (non-hydrogen) atoms. The van der Waals surface area contributed by atoms with E-state index in [4.69, 9.17) is 10.4 Å². The van der Waals surface area contributed by atoms with Gasteiger partial charge in [-0.1, -0.05) is 6.92 Å². The minimum absolute atomic E-state index is 0.512. The van der Waals surface area contributed by atoms with E-state index in [-0.39, 0.29) is 0 Å². The fourth-order valence-electron chi connectivity index (χ4n) is 0.288. The topological polar surface area (TPSA) is 44.0 Å². The molecule has 0 bridgehead atoms. The predicted molar refractivity (Wildman–Crippen MR) is 26.9 cm³/mol. The summed E-state index contributed by atoms with van der Waals surface area (Å²) in [5.74, 6) is -3.26. The number of aliphatic hydroxyl groups is 1. The molecule has 4 heteroatoms. The summed E-state index contributed by atoms with van der Waals surface area (Å²) in [5.41, 5.74) is 0. The number of hydrogen-bond acceptors (Lipinski definition) is 2. The Morgan fingerprint density at radius 1 is 1.78 bits per heavy atom. The SMILES string of the molecule is CCC(F)(F)C(O)C#N. The number of aliphatic hydroxyl groups excluding tert-OH is 1. The average Bonchev–Trinajstić information content (AvgIpc) is 1.86. The summed E-state index contributed by atoms with van der Waals surface area (Å²) in [4.78, 5) is 0. The van der Waals surface area contributed by atoms with Crippen LogP contribution < -0.4 is 0 Å². The van der Waals surface area contributed by atoms with Gasteiger partial charge in [-0.15, -0.1) is 0 Å². The maximum absolute atomic E-state index is 12.1. The van der Waals surface area contributed by atoms with E-state index in [0.29, 0.717) is 0 Å². The molecule has 0 aromatic carbocycles. The van der Waals surface area contributed by atoms with Crippen LogP contribution in [0.25, 0.3) is 0 Å². The number of halogens is 2. The Bertz CT molecular complexity index is 129. The molecular weight excluding hydrogens is 128 g/mol. The van der Waals surface area contributed by atoms with Crippen LogP contribution >= 0.6 is 0 Å². The first-order chi connectivity index (χ1) is 4.04. The highest BCUT2D eigenvalue weighted by Gasteiger charge is 2.36. The summed E-state index contributed by atoms with van der Waals surface area (Å²) in [7, 11) is 0. The Hall–Kier alpha value is -0.690. The quantitative estimate of drug-likeness (QED) is 0.572. The zero-order valence-electron chi connectivity index (χ0n) is 4.93. The van der Waals surface area contributed by atoms with Crippen molar-refractivity contribution in [1.29, 1.82) is 5.26 Å². The van der Waals surface area contributed by atoms with Gasteiger partial charge in [0.05, 0.1) is 0 Å². The molecular formula is C5H7F2NO. The Balaban J connectivity index is 4.01. The highest BCUT2D eigenvalue weighted by Crippen LogP contribution is 2.21. The van der Waals surface area contributed by atoms with E-state index >= 15 is 0 Å². The van der Waals surface area contributed by atoms with Crippen molar-refractivity contribution in [2.24, 2.45) is 0 Å². The molecule has 0 heterocycles. The second-order valence-electron chi connectivity index (χ2n) is 1.65. The summed E-state index contributed by atoms with van der Waals surface area (Å²) in [5, 5.41) is 16.1. The molecule has 0 amide bonds. The van der Waals surface area contributed by atoms with Crippen LogP contribution in [0, 0.1) is 11.3 Å². The molecule has 2 nitrogen and oxygen atoms in total. The number of rotatable bonds is 2. The summed E-state index contributed by atoms with van der Waals surface area (Å²) < 4.78 is 24.1. The minimum Gasteiger partial charge on any atom is -0.373 e. The van der Waals surface area contributed by atoms with Gasteiger partial charge in [0.1, 0.15) is 6.07 Å². The van der Waals surface area contributed by atoms with E-state index in [1.807, 2.05) is 0 Å². The Morgan fingerprint density at radius 2 is 2.22 bits per heavy atom. The van der Waals surface area contributed by atoms with Crippen LogP contribution in [-0.4, -0.2) is 17.1 Å². The van der Waals surface area contributed by atoms with Crippen LogP contribution in [0.3, 0.4) is 0 Å². The maximum atomic E-state index is 12.1. The van der Waals surface area contributed by atoms with Gasteiger partial charge in [0.15, 0.2) is 0 Å². The van der Waals surface area contributed by atoms with Crippen molar-refractivity contribution in [3.8, 4) is 6.07 Å². The molecule has 0 aliphatic carbocycles. The van der Waals surface area contributed by atoms with Crippen molar-refractivity contribution in [3.63, 3.8) is 0 Å². The normalized spacial score (nSPS) is 14.6. The molecule has 0 rings (SSSR count). The van der Waals surface area contributed by atoms with E-state index in [0.717, 1.165) is 6.07 Å². The van der Waals surface area contributed by atoms with Crippen LogP contribution in [0.1, 0.15) is 13.3 Å². The van der Waals surface area contributed by atoms with Gasteiger partial charge in [-0.2, -0.15) is 5.26 Å². The number of hydrogen-bond donors (Lipinski definition) is 1. The lowest BCUT2D eigenvalue weighted by Crippen LogP contribution is -2.30. The fourth-order valence-corrected chi connectivity index (χ4v) is 0.288. The third-order valence-electron chi connectivity index (χ3n) is 0.994. The summed E-state index contributed by atoms with van der Waals surface area (Å²) >= 11 is 0. The first kappa shape index (κ1) is 8.31. The van der Waals surface area contributed by atoms with Gasteiger partial charge in [0.2, 0.25) is 6.10 Å². The summed E-state index contributed by atoms with van der Waals surface area (Å²) in [6.07, 6.45) is -2.68. The molecule has 0 aromatic rings. The molecule has 0 spiro atoms. The van der Waals surface area contributed by atoms with Crippen molar-refractivity contribution in [1.82, 2.24) is 0 Å². The van der Waals surface area contributed by atoms with Gasteiger partial charge < -0.3 is 5.11 Å². The standard InChI is InChI=1S/C5H7F2NO/c1-2-5(6,7)4(9)3-8/h4,9H,2H2,1H3. The fraction of sp³-hybridized carbons (Fsp3) is 0.800. The molecule has 1 unspecified atom stereocenters. The molecule has 0 fully saturated rings. The lowest BCUT2D eigenvalue weighted by molar-refractivity contribution is -0.0849. The third kappa shape index (κ3) is 1.94. The summed E-state index contributed by atoms with van der Waals surface area (Å²) in [6.45, 7) is 1.21. The van der Waals surface area contributed by atoms with Gasteiger partial charge in [0.25, 0.3) is 5.92 Å². The van der Waals surface area contributed by atoms with Gasteiger partial charge in [-0.3, -0.25) is 0 Å². The van der Waals surface area contributed by atoms with Gasteiger partial charge >= 0.3 is 0 Å². The molecule has 0 saturated heterocycles. The van der Waals surface area contributed by atoms with E-state index in [2.05, 4.69) is 0 Å². The van der Waals surface area contributed by atoms with Crippen molar-refractivity contribution in [2.75, 3.05) is 0 Å². The highest BCUT2D eigenvalue weighted by atomic mass is 19.3. The van der Waals surface area contributed by atoms with E-state index < -0.39 is 18.4 Å². The first-order valence-corrected chi connectivity index (χ1v) is 2.50. The smallest absolute Gasteiger partial charge is 0.286 e. The van der Waals surface area contributed by atoms with Crippen molar-refractivity contribution in [2.45, 2.75) is 25.4 Å². The highest BCUT2D eigenvalue weighted by molar-refractivity contribution is 4.92. The van der Waals surface area contributed by atoms with Crippen molar-refractivity contribution < 1.29 is 13.9 Å². The maximum Gasteiger partial charge on any atom is 0.286 e. The Kier molecular flexibility index (Phi) is 2.53. The van der Waals surface area contributed by atoms with Crippen LogP contribution in [-0.2, 0) is 0 Å². The number of nitrogens with zero attached hydrogens (tertiary/aromatic N) is 1. The van der Waals surface area contributed by atoms with Crippen LogP contribution in [0.15, 0.2) is 0 Å². The van der Waals surface area contributed by atoms with Crippen LogP contribution in [0.5, 0.6) is 0 Å². The zero-order chi connectivity index (χ0) is 7.49. The molecule has 1 atom stereocenters. The minimum atomic E-state index is -3.26. The van der Waals surface area contributed by atoms with Crippen LogP contribution in [0.4, 0.5) is 8.78 Å². The van der Waals surface area contributed by atoms with E-state index in [1.165, 1.54) is 6.92 Å². The van der Waals surface area contributed by atoms with Gasteiger partial charge in [0, 0.05) is 6.42 Å². The van der Waals surface area contributed by atoms with Crippen LogP contribution in [0.2, 0.25) is 0 Å². The second-order valence-corrected chi connectivity index (χ2v) is 1.65. The molecule has 0 aliphatic heterocycles. The summed E-state index contributed by atoms with van der Waals surface area (Å²) in [6, 6.07) is 1.06. The number of alkyl halides is 2. The largest absolute Gasteiger partial charge is 0.373 e.